The largest absolute Gasteiger partial charge is 0.465 e. The third kappa shape index (κ3) is 5.87. The van der Waals surface area contributed by atoms with Crippen LogP contribution < -0.4 is 0 Å². The van der Waals surface area contributed by atoms with E-state index in [1.54, 1.807) is 18.7 Å². The molecule has 4 heteroatoms. The fourth-order valence-electron chi connectivity index (χ4n) is 1.07. The highest BCUT2D eigenvalue weighted by molar-refractivity contribution is 7.98. The lowest BCUT2D eigenvalue weighted by Crippen LogP contribution is -2.16. The van der Waals surface area contributed by atoms with Crippen LogP contribution in [0, 0.1) is 17.2 Å². The van der Waals surface area contributed by atoms with Crippen molar-refractivity contribution >= 4 is 17.7 Å². The Hall–Kier alpha value is -0.690. The topological polar surface area (TPSA) is 50.1 Å². The number of ether oxygens (including phenoxy) is 1. The van der Waals surface area contributed by atoms with Gasteiger partial charge in [0.1, 0.15) is 5.92 Å². The van der Waals surface area contributed by atoms with Gasteiger partial charge in [0.05, 0.1) is 12.7 Å². The summed E-state index contributed by atoms with van der Waals surface area (Å²) in [7, 11) is 0. The number of thioether (sulfide) groups is 1. The normalized spacial score (nSPS) is 11.8. The van der Waals surface area contributed by atoms with Crippen molar-refractivity contribution in [3.63, 3.8) is 0 Å². The van der Waals surface area contributed by atoms with Crippen molar-refractivity contribution in [2.45, 2.75) is 26.2 Å². The van der Waals surface area contributed by atoms with E-state index in [-0.39, 0.29) is 5.97 Å². The first kappa shape index (κ1) is 13.3. The predicted molar refractivity (Wildman–Crippen MR) is 58.0 cm³/mol. The van der Waals surface area contributed by atoms with Crippen LogP contribution in [-0.4, -0.2) is 24.6 Å². The highest BCUT2D eigenvalue weighted by Crippen LogP contribution is 2.11. The molecule has 14 heavy (non-hydrogen) atoms. The predicted octanol–water partition coefficient (Wildman–Crippen LogP) is 2.22. The van der Waals surface area contributed by atoms with E-state index in [1.807, 2.05) is 12.3 Å². The van der Waals surface area contributed by atoms with E-state index in [2.05, 4.69) is 0 Å². The minimum absolute atomic E-state index is 0.349. The maximum Gasteiger partial charge on any atom is 0.323 e. The van der Waals surface area contributed by atoms with Crippen LogP contribution in [-0.2, 0) is 9.53 Å². The zero-order valence-electron chi connectivity index (χ0n) is 8.78. The molecule has 0 N–H and O–H groups in total. The van der Waals surface area contributed by atoms with Crippen LogP contribution in [0.15, 0.2) is 0 Å². The van der Waals surface area contributed by atoms with Gasteiger partial charge in [-0.05, 0) is 31.8 Å². The number of esters is 1. The quantitative estimate of drug-likeness (QED) is 0.482. The summed E-state index contributed by atoms with van der Waals surface area (Å²) in [4.78, 5) is 11.2. The molecule has 0 aromatic heterocycles. The van der Waals surface area contributed by atoms with Crippen LogP contribution in [0.5, 0.6) is 0 Å². The molecule has 1 unspecified atom stereocenters. The molecule has 0 aromatic carbocycles. The Morgan fingerprint density at radius 1 is 1.57 bits per heavy atom. The second-order valence-electron chi connectivity index (χ2n) is 2.92. The smallest absolute Gasteiger partial charge is 0.323 e. The maximum atomic E-state index is 11.2. The van der Waals surface area contributed by atoms with Crippen molar-refractivity contribution in [2.75, 3.05) is 18.6 Å². The molecule has 3 nitrogen and oxygen atoms in total. The zero-order chi connectivity index (χ0) is 10.8. The number of hydrogen-bond acceptors (Lipinski definition) is 4. The molecule has 0 bridgehead atoms. The van der Waals surface area contributed by atoms with Crippen molar-refractivity contribution in [3.05, 3.63) is 0 Å². The maximum absolute atomic E-state index is 11.2. The van der Waals surface area contributed by atoms with Crippen LogP contribution in [0.25, 0.3) is 0 Å². The lowest BCUT2D eigenvalue weighted by atomic mass is 10.0. The second-order valence-corrected chi connectivity index (χ2v) is 3.91. The van der Waals surface area contributed by atoms with Crippen molar-refractivity contribution in [3.8, 4) is 6.07 Å². The van der Waals surface area contributed by atoms with E-state index >= 15 is 0 Å². The molecule has 0 spiro atoms. The van der Waals surface area contributed by atoms with Gasteiger partial charge in [0.15, 0.2) is 0 Å². The Balaban J connectivity index is 3.69. The Bertz CT molecular complexity index is 201. The standard InChI is InChI=1S/C10H17NO2S/c1-3-13-10(12)9(8-11)6-4-5-7-14-2/h9H,3-7H2,1-2H3. The molecule has 0 aliphatic heterocycles. The minimum atomic E-state index is -0.572. The number of nitrogens with zero attached hydrogens (tertiary/aromatic N) is 1. The Morgan fingerprint density at radius 2 is 2.29 bits per heavy atom. The van der Waals surface area contributed by atoms with E-state index in [9.17, 15) is 4.79 Å². The average molecular weight is 215 g/mol. The molecule has 0 aliphatic rings. The lowest BCUT2D eigenvalue weighted by Gasteiger charge is -2.07. The van der Waals surface area contributed by atoms with Crippen LogP contribution >= 0.6 is 11.8 Å². The fourth-order valence-corrected chi connectivity index (χ4v) is 1.57. The summed E-state index contributed by atoms with van der Waals surface area (Å²) in [6, 6.07) is 1.98. The number of unbranched alkanes of at least 4 members (excludes halogenated alkanes) is 1. The Labute approximate surface area is 89.8 Å². The number of carbonyl (C=O) groups excluding carboxylic acids is 1. The van der Waals surface area contributed by atoms with Gasteiger partial charge in [0.2, 0.25) is 0 Å². The van der Waals surface area contributed by atoms with Gasteiger partial charge in [-0.3, -0.25) is 4.79 Å². The first-order valence-corrected chi connectivity index (χ1v) is 6.20. The Morgan fingerprint density at radius 3 is 2.79 bits per heavy atom. The van der Waals surface area contributed by atoms with Crippen LogP contribution in [0.4, 0.5) is 0 Å². The first-order valence-electron chi connectivity index (χ1n) is 4.81. The number of rotatable bonds is 7. The average Bonchev–Trinajstić information content (AvgIpc) is 2.18. The van der Waals surface area contributed by atoms with Gasteiger partial charge in [0, 0.05) is 0 Å². The van der Waals surface area contributed by atoms with E-state index in [0.29, 0.717) is 13.0 Å². The highest BCUT2D eigenvalue weighted by atomic mass is 32.2. The summed E-state index contributed by atoms with van der Waals surface area (Å²) in [5.41, 5.74) is 0. The molecule has 0 saturated carbocycles. The van der Waals surface area contributed by atoms with Gasteiger partial charge in [-0.2, -0.15) is 17.0 Å². The minimum Gasteiger partial charge on any atom is -0.465 e. The van der Waals surface area contributed by atoms with Crippen LogP contribution in [0.1, 0.15) is 26.2 Å². The zero-order valence-corrected chi connectivity index (χ0v) is 9.60. The molecule has 0 aromatic rings. The monoisotopic (exact) mass is 215 g/mol. The molecule has 1 atom stereocenters. The molecule has 0 rings (SSSR count). The van der Waals surface area contributed by atoms with Crippen molar-refractivity contribution in [2.24, 2.45) is 5.92 Å². The first-order chi connectivity index (χ1) is 6.76. The second kappa shape index (κ2) is 8.89. The van der Waals surface area contributed by atoms with Crippen LogP contribution in [0.3, 0.4) is 0 Å². The molecular formula is C10H17NO2S. The van der Waals surface area contributed by atoms with Crippen molar-refractivity contribution < 1.29 is 9.53 Å². The number of hydrogen-bond donors (Lipinski definition) is 0. The van der Waals surface area contributed by atoms with Gasteiger partial charge in [-0.15, -0.1) is 0 Å². The van der Waals surface area contributed by atoms with E-state index in [0.717, 1.165) is 18.6 Å². The third-order valence-corrected chi connectivity index (χ3v) is 2.52. The van der Waals surface area contributed by atoms with Gasteiger partial charge in [-0.1, -0.05) is 6.42 Å². The summed E-state index contributed by atoms with van der Waals surface area (Å²) in [5, 5.41) is 8.72. The molecule has 0 fully saturated rings. The molecule has 0 heterocycles. The third-order valence-electron chi connectivity index (χ3n) is 1.82. The number of nitriles is 1. The molecule has 0 radical (unpaired) electrons. The molecule has 0 amide bonds. The summed E-state index contributed by atoms with van der Waals surface area (Å²) in [6.45, 7) is 2.10. The Kier molecular flexibility index (Phi) is 8.45. The lowest BCUT2D eigenvalue weighted by molar-refractivity contribution is -0.146. The number of carbonyl (C=O) groups is 1. The van der Waals surface area contributed by atoms with Crippen molar-refractivity contribution in [1.82, 2.24) is 0 Å². The van der Waals surface area contributed by atoms with Crippen molar-refractivity contribution in [1.29, 1.82) is 5.26 Å². The molecule has 80 valence electrons. The SMILES string of the molecule is CCOC(=O)C(C#N)CCCCSC. The van der Waals surface area contributed by atoms with Gasteiger partial charge >= 0.3 is 5.97 Å². The summed E-state index contributed by atoms with van der Waals surface area (Å²) in [5.74, 6) is 0.136. The highest BCUT2D eigenvalue weighted by Gasteiger charge is 2.17. The summed E-state index contributed by atoms with van der Waals surface area (Å²) >= 11 is 1.78. The van der Waals surface area contributed by atoms with Crippen LogP contribution in [0.2, 0.25) is 0 Å². The molecular weight excluding hydrogens is 198 g/mol. The summed E-state index contributed by atoms with van der Waals surface area (Å²) in [6.07, 6.45) is 4.64. The van der Waals surface area contributed by atoms with E-state index in [1.165, 1.54) is 0 Å². The summed E-state index contributed by atoms with van der Waals surface area (Å²) < 4.78 is 4.79. The molecule has 0 saturated heterocycles. The van der Waals surface area contributed by atoms with Gasteiger partial charge in [0.25, 0.3) is 0 Å². The fraction of sp³-hybridized carbons (Fsp3) is 0.800. The van der Waals surface area contributed by atoms with E-state index < -0.39 is 5.92 Å². The van der Waals surface area contributed by atoms with Gasteiger partial charge < -0.3 is 4.74 Å². The molecule has 0 aliphatic carbocycles. The van der Waals surface area contributed by atoms with E-state index in [4.69, 9.17) is 10.00 Å². The van der Waals surface area contributed by atoms with Gasteiger partial charge in [-0.25, -0.2) is 0 Å².